The number of para-hydroxylation sites is 1. The van der Waals surface area contributed by atoms with E-state index in [1.54, 1.807) is 6.07 Å². The molecule has 0 amide bonds. The molecule has 0 aromatic heterocycles. The van der Waals surface area contributed by atoms with E-state index in [1.807, 2.05) is 24.8 Å². The Labute approximate surface area is 128 Å². The first-order chi connectivity index (χ1) is 9.76. The molecular formula is C17H29FN2O. The van der Waals surface area contributed by atoms with Crippen molar-refractivity contribution < 1.29 is 9.50 Å². The number of aliphatic hydroxyl groups excluding tert-OH is 1. The topological polar surface area (TPSA) is 35.5 Å². The number of hydrogen-bond donors (Lipinski definition) is 2. The number of hydrogen-bond acceptors (Lipinski definition) is 3. The maximum absolute atomic E-state index is 14.4. The SMILES string of the molecule is CC(C)N(CCCO)c1c(F)cccc1CNC(C)(C)C. The summed E-state index contributed by atoms with van der Waals surface area (Å²) in [6.07, 6.45) is 0.638. The minimum absolute atomic E-state index is 0.0165. The lowest BCUT2D eigenvalue weighted by molar-refractivity contribution is 0.288. The summed E-state index contributed by atoms with van der Waals surface area (Å²) in [6.45, 7) is 11.8. The minimum Gasteiger partial charge on any atom is -0.396 e. The van der Waals surface area contributed by atoms with Crippen LogP contribution in [0.2, 0.25) is 0 Å². The molecule has 0 fully saturated rings. The lowest BCUT2D eigenvalue weighted by Gasteiger charge is -2.32. The van der Waals surface area contributed by atoms with Crippen molar-refractivity contribution >= 4 is 5.69 Å². The molecule has 1 aromatic rings. The zero-order valence-corrected chi connectivity index (χ0v) is 13.9. The average Bonchev–Trinajstić information content (AvgIpc) is 2.37. The quantitative estimate of drug-likeness (QED) is 0.810. The Hall–Kier alpha value is -1.13. The lowest BCUT2D eigenvalue weighted by Crippen LogP contribution is -2.37. The summed E-state index contributed by atoms with van der Waals surface area (Å²) >= 11 is 0. The van der Waals surface area contributed by atoms with E-state index in [2.05, 4.69) is 26.1 Å². The van der Waals surface area contributed by atoms with Crippen molar-refractivity contribution in [2.75, 3.05) is 18.1 Å². The van der Waals surface area contributed by atoms with Crippen LogP contribution in [0.15, 0.2) is 18.2 Å². The fourth-order valence-corrected chi connectivity index (χ4v) is 2.25. The van der Waals surface area contributed by atoms with Gasteiger partial charge in [-0.25, -0.2) is 4.39 Å². The highest BCUT2D eigenvalue weighted by atomic mass is 19.1. The predicted octanol–water partition coefficient (Wildman–Crippen LogP) is 3.31. The van der Waals surface area contributed by atoms with Gasteiger partial charge in [0.05, 0.1) is 5.69 Å². The van der Waals surface area contributed by atoms with Gasteiger partial charge in [-0.1, -0.05) is 12.1 Å². The zero-order chi connectivity index (χ0) is 16.0. The summed E-state index contributed by atoms with van der Waals surface area (Å²) in [5, 5.41) is 12.5. The fourth-order valence-electron chi connectivity index (χ4n) is 2.25. The third kappa shape index (κ3) is 5.64. The van der Waals surface area contributed by atoms with Crippen LogP contribution in [0.4, 0.5) is 10.1 Å². The van der Waals surface area contributed by atoms with Crippen molar-refractivity contribution in [3.05, 3.63) is 29.6 Å². The van der Waals surface area contributed by atoms with E-state index in [0.717, 1.165) is 5.56 Å². The molecule has 0 unspecified atom stereocenters. The van der Waals surface area contributed by atoms with Crippen molar-refractivity contribution in [3.8, 4) is 0 Å². The Morgan fingerprint density at radius 2 is 1.95 bits per heavy atom. The van der Waals surface area contributed by atoms with E-state index >= 15 is 0 Å². The molecule has 0 aliphatic heterocycles. The van der Waals surface area contributed by atoms with Gasteiger partial charge in [0, 0.05) is 31.3 Å². The van der Waals surface area contributed by atoms with Crippen LogP contribution in [0.5, 0.6) is 0 Å². The minimum atomic E-state index is -0.199. The number of benzene rings is 1. The molecule has 0 heterocycles. The molecule has 0 atom stereocenters. The summed E-state index contributed by atoms with van der Waals surface area (Å²) in [6, 6.07) is 5.40. The molecule has 0 bridgehead atoms. The van der Waals surface area contributed by atoms with E-state index in [9.17, 15) is 4.39 Å². The average molecular weight is 296 g/mol. The maximum atomic E-state index is 14.4. The zero-order valence-electron chi connectivity index (χ0n) is 13.9. The van der Waals surface area contributed by atoms with Crippen molar-refractivity contribution in [2.45, 2.75) is 59.2 Å². The highest BCUT2D eigenvalue weighted by Crippen LogP contribution is 2.27. The highest BCUT2D eigenvalue weighted by Gasteiger charge is 2.19. The Balaban J connectivity index is 3.06. The maximum Gasteiger partial charge on any atom is 0.146 e. The Morgan fingerprint density at radius 1 is 1.29 bits per heavy atom. The van der Waals surface area contributed by atoms with Crippen LogP contribution >= 0.6 is 0 Å². The molecule has 0 radical (unpaired) electrons. The first-order valence-corrected chi connectivity index (χ1v) is 7.66. The predicted molar refractivity (Wildman–Crippen MR) is 87.2 cm³/mol. The van der Waals surface area contributed by atoms with E-state index in [1.165, 1.54) is 6.07 Å². The summed E-state index contributed by atoms with van der Waals surface area (Å²) in [5.74, 6) is -0.199. The van der Waals surface area contributed by atoms with E-state index < -0.39 is 0 Å². The molecule has 0 saturated heterocycles. The van der Waals surface area contributed by atoms with Gasteiger partial charge in [0.25, 0.3) is 0 Å². The fraction of sp³-hybridized carbons (Fsp3) is 0.647. The number of rotatable bonds is 7. The second kappa shape index (κ2) is 7.76. The highest BCUT2D eigenvalue weighted by molar-refractivity contribution is 5.55. The number of aliphatic hydroxyl groups is 1. The van der Waals surface area contributed by atoms with Gasteiger partial charge >= 0.3 is 0 Å². The third-order valence-electron chi connectivity index (χ3n) is 3.35. The molecule has 1 aromatic carbocycles. The second-order valence-electron chi connectivity index (χ2n) is 6.72. The number of anilines is 1. The van der Waals surface area contributed by atoms with E-state index in [4.69, 9.17) is 5.11 Å². The molecule has 2 N–H and O–H groups in total. The van der Waals surface area contributed by atoms with Gasteiger partial charge in [-0.15, -0.1) is 0 Å². The molecular weight excluding hydrogens is 267 g/mol. The van der Waals surface area contributed by atoms with Crippen molar-refractivity contribution in [3.63, 3.8) is 0 Å². The summed E-state index contributed by atoms with van der Waals surface area (Å²) in [7, 11) is 0. The van der Waals surface area contributed by atoms with E-state index in [-0.39, 0.29) is 24.0 Å². The van der Waals surface area contributed by atoms with Gasteiger partial charge in [-0.3, -0.25) is 0 Å². The smallest absolute Gasteiger partial charge is 0.146 e. The molecule has 21 heavy (non-hydrogen) atoms. The standard InChI is InChI=1S/C17H29FN2O/c1-13(2)20(10-7-11-21)16-14(8-6-9-15(16)18)12-19-17(3,4)5/h6,8-9,13,19,21H,7,10-12H2,1-5H3. The number of halogens is 1. The van der Waals surface area contributed by atoms with Gasteiger partial charge in [0.2, 0.25) is 0 Å². The third-order valence-corrected chi connectivity index (χ3v) is 3.35. The monoisotopic (exact) mass is 296 g/mol. The number of nitrogens with one attached hydrogen (secondary N) is 1. The van der Waals surface area contributed by atoms with Crippen LogP contribution in [0, 0.1) is 5.82 Å². The lowest BCUT2D eigenvalue weighted by atomic mass is 10.1. The first kappa shape index (κ1) is 17.9. The van der Waals surface area contributed by atoms with Crippen molar-refractivity contribution in [2.24, 2.45) is 0 Å². The number of nitrogens with zero attached hydrogens (tertiary/aromatic N) is 1. The molecule has 1 rings (SSSR count). The van der Waals surface area contributed by atoms with Gasteiger partial charge in [0.15, 0.2) is 0 Å². The van der Waals surface area contributed by atoms with Gasteiger partial charge in [-0.2, -0.15) is 0 Å². The molecule has 0 aliphatic rings. The molecule has 0 saturated carbocycles. The van der Waals surface area contributed by atoms with E-state index in [0.29, 0.717) is 25.2 Å². The van der Waals surface area contributed by atoms with Crippen LogP contribution in [0.25, 0.3) is 0 Å². The van der Waals surface area contributed by atoms with Gasteiger partial charge in [-0.05, 0) is 52.7 Å². The Kier molecular flexibility index (Phi) is 6.62. The largest absolute Gasteiger partial charge is 0.396 e. The van der Waals surface area contributed by atoms with Gasteiger partial charge in [0.1, 0.15) is 5.82 Å². The first-order valence-electron chi connectivity index (χ1n) is 7.66. The van der Waals surface area contributed by atoms with Crippen molar-refractivity contribution in [1.29, 1.82) is 0 Å². The van der Waals surface area contributed by atoms with Crippen LogP contribution in [-0.4, -0.2) is 29.8 Å². The normalized spacial score (nSPS) is 12.0. The Morgan fingerprint density at radius 3 is 2.48 bits per heavy atom. The second-order valence-corrected chi connectivity index (χ2v) is 6.72. The molecule has 0 aliphatic carbocycles. The van der Waals surface area contributed by atoms with Crippen LogP contribution < -0.4 is 10.2 Å². The summed E-state index contributed by atoms with van der Waals surface area (Å²) < 4.78 is 14.4. The molecule has 120 valence electrons. The molecule has 4 heteroatoms. The van der Waals surface area contributed by atoms with Crippen LogP contribution in [-0.2, 0) is 6.54 Å². The van der Waals surface area contributed by atoms with Gasteiger partial charge < -0.3 is 15.3 Å². The molecule has 3 nitrogen and oxygen atoms in total. The Bertz CT molecular complexity index is 441. The van der Waals surface area contributed by atoms with Crippen LogP contribution in [0.3, 0.4) is 0 Å². The molecule has 0 spiro atoms. The summed E-state index contributed by atoms with van der Waals surface area (Å²) in [5.41, 5.74) is 1.59. The van der Waals surface area contributed by atoms with Crippen molar-refractivity contribution in [1.82, 2.24) is 5.32 Å². The summed E-state index contributed by atoms with van der Waals surface area (Å²) in [4.78, 5) is 2.03. The van der Waals surface area contributed by atoms with Crippen LogP contribution in [0.1, 0.15) is 46.6 Å².